The van der Waals surface area contributed by atoms with Gasteiger partial charge in [0.25, 0.3) is 17.8 Å². The van der Waals surface area contributed by atoms with Gasteiger partial charge in [-0.3, -0.25) is 19.4 Å². The van der Waals surface area contributed by atoms with E-state index in [2.05, 4.69) is 15.4 Å². The summed E-state index contributed by atoms with van der Waals surface area (Å²) in [5.41, 5.74) is -4.83. The molecule has 2 atom stereocenters. The summed E-state index contributed by atoms with van der Waals surface area (Å²) < 4.78 is 132. The van der Waals surface area contributed by atoms with Gasteiger partial charge in [-0.05, 0) is 91.6 Å². The van der Waals surface area contributed by atoms with Gasteiger partial charge >= 0.3 is 24.6 Å². The number of ether oxygens (including phenoxy) is 1. The van der Waals surface area contributed by atoms with Gasteiger partial charge in [0.15, 0.2) is 0 Å². The molecule has 0 N–H and O–H groups in total. The van der Waals surface area contributed by atoms with E-state index in [0.29, 0.717) is 12.1 Å². The van der Waals surface area contributed by atoms with Crippen LogP contribution in [0.3, 0.4) is 0 Å². The molecule has 6 rings (SSSR count). The minimum atomic E-state index is -5.21. The van der Waals surface area contributed by atoms with Crippen LogP contribution < -0.4 is 9.80 Å². The zero-order chi connectivity index (χ0) is 40.9. The number of halogens is 9. The number of nitrogens with zero attached hydrogens (tertiary/aromatic N) is 7. The highest BCUT2D eigenvalue weighted by Gasteiger charge is 2.43. The molecule has 0 aliphatic carbocycles. The summed E-state index contributed by atoms with van der Waals surface area (Å²) in [4.78, 5) is 43.4. The third kappa shape index (κ3) is 7.99. The Bertz CT molecular complexity index is 2080. The first kappa shape index (κ1) is 40.0. The summed E-state index contributed by atoms with van der Waals surface area (Å²) in [5, 5.41) is 12.2. The molecule has 3 heterocycles. The van der Waals surface area contributed by atoms with Crippen molar-refractivity contribution in [1.29, 1.82) is 0 Å². The number of hydrogen-bond donors (Lipinski definition) is 0. The average Bonchev–Trinajstić information content (AvgIpc) is 3.68. The Labute approximate surface area is 312 Å². The maximum absolute atomic E-state index is 14.2. The van der Waals surface area contributed by atoms with Crippen molar-refractivity contribution in [2.75, 3.05) is 16.3 Å². The number of amides is 3. The van der Waals surface area contributed by atoms with Crippen molar-refractivity contribution < 1.29 is 58.6 Å². The van der Waals surface area contributed by atoms with E-state index in [-0.39, 0.29) is 54.4 Å². The first-order chi connectivity index (χ1) is 26.2. The fourth-order valence-corrected chi connectivity index (χ4v) is 6.76. The van der Waals surface area contributed by atoms with E-state index < -0.39 is 89.4 Å². The zero-order valence-corrected chi connectivity index (χ0v) is 29.7. The van der Waals surface area contributed by atoms with Crippen LogP contribution in [0.15, 0.2) is 60.7 Å². The predicted octanol–water partition coefficient (Wildman–Crippen LogP) is 8.31. The lowest BCUT2D eigenvalue weighted by atomic mass is 9.87. The number of tetrazole rings is 1. The largest absolute Gasteiger partial charge is 0.446 e. The van der Waals surface area contributed by atoms with Gasteiger partial charge in [-0.25, -0.2) is 4.79 Å². The number of carbonyl (C=O) groups excluding carboxylic acids is 3. The Hall–Kier alpha value is -5.69. The Kier molecular flexibility index (Phi) is 10.5. The van der Waals surface area contributed by atoms with Gasteiger partial charge in [-0.1, -0.05) is 24.2 Å². The number of hydrogen-bond acceptors (Lipinski definition) is 8. The van der Waals surface area contributed by atoms with Crippen LogP contribution in [0.5, 0.6) is 0 Å². The van der Waals surface area contributed by atoms with E-state index >= 15 is 0 Å². The van der Waals surface area contributed by atoms with E-state index in [1.807, 2.05) is 0 Å². The third-order valence-corrected chi connectivity index (χ3v) is 9.32. The standard InChI is InChI=1S/C36H32F9N7O4/c1-4-24-17-29(27-16-21(34(37,38)39)9-10-28(27)52(24)33(55)56-19(2)3)50(18-20-13-22(35(40,41)42)15-23(14-20)36(43,44)45)32-46-48-51(47-32)12-11-49-30(53)25-7-5-6-8-26(25)31(49)54/h5-10,13-16,19,24,29H,4,11-12,17-18H2,1-3H3/t24-,29+/m1/s1. The molecule has 2 aliphatic heterocycles. The van der Waals surface area contributed by atoms with Crippen LogP contribution >= 0.6 is 0 Å². The number of alkyl halides is 9. The van der Waals surface area contributed by atoms with Crippen LogP contribution in [0.25, 0.3) is 0 Å². The van der Waals surface area contributed by atoms with Gasteiger partial charge in [0.1, 0.15) is 0 Å². The van der Waals surface area contributed by atoms with Crippen LogP contribution in [0.4, 0.5) is 55.9 Å². The normalized spacial score (nSPS) is 17.4. The lowest BCUT2D eigenvalue weighted by Crippen LogP contribution is -2.48. The Morgan fingerprint density at radius 3 is 1.96 bits per heavy atom. The van der Waals surface area contributed by atoms with Crippen LogP contribution in [-0.4, -0.2) is 61.7 Å². The summed E-state index contributed by atoms with van der Waals surface area (Å²) >= 11 is 0. The van der Waals surface area contributed by atoms with Crippen molar-refractivity contribution in [3.05, 3.63) is 99.6 Å². The number of anilines is 2. The van der Waals surface area contributed by atoms with Crippen molar-refractivity contribution in [1.82, 2.24) is 25.1 Å². The number of benzene rings is 3. The van der Waals surface area contributed by atoms with Gasteiger partial charge in [-0.15, -0.1) is 5.10 Å². The number of aromatic nitrogens is 4. The van der Waals surface area contributed by atoms with E-state index in [9.17, 15) is 53.9 Å². The van der Waals surface area contributed by atoms with Crippen molar-refractivity contribution in [2.24, 2.45) is 0 Å². The molecule has 20 heteroatoms. The molecule has 3 amide bonds. The second-order valence-electron chi connectivity index (χ2n) is 13.4. The molecule has 0 unspecified atom stereocenters. The zero-order valence-electron chi connectivity index (χ0n) is 29.7. The number of carbonyl (C=O) groups is 3. The number of rotatable bonds is 9. The van der Waals surface area contributed by atoms with Crippen LogP contribution in [0, 0.1) is 0 Å². The van der Waals surface area contributed by atoms with E-state index in [4.69, 9.17) is 4.74 Å². The van der Waals surface area contributed by atoms with Crippen LogP contribution in [0.1, 0.15) is 88.2 Å². The second-order valence-corrected chi connectivity index (χ2v) is 13.4. The first-order valence-electron chi connectivity index (χ1n) is 17.2. The number of imide groups is 1. The van der Waals surface area contributed by atoms with Gasteiger partial charge < -0.3 is 9.64 Å². The maximum atomic E-state index is 14.2. The Morgan fingerprint density at radius 1 is 0.839 bits per heavy atom. The van der Waals surface area contributed by atoms with Crippen molar-refractivity contribution in [3.8, 4) is 0 Å². The second kappa shape index (κ2) is 14.8. The average molecular weight is 798 g/mol. The molecule has 0 fully saturated rings. The first-order valence-corrected chi connectivity index (χ1v) is 17.2. The molecule has 1 aromatic heterocycles. The Balaban J connectivity index is 1.46. The van der Waals surface area contributed by atoms with Gasteiger partial charge in [0.2, 0.25) is 0 Å². The van der Waals surface area contributed by atoms with Gasteiger partial charge in [-0.2, -0.15) is 44.3 Å². The number of fused-ring (bicyclic) bond motifs is 2. The maximum Gasteiger partial charge on any atom is 0.416 e. The molecule has 298 valence electrons. The lowest BCUT2D eigenvalue weighted by molar-refractivity contribution is -0.143. The summed E-state index contributed by atoms with van der Waals surface area (Å²) in [6.45, 7) is 3.47. The molecule has 0 saturated heterocycles. The molecular weight excluding hydrogens is 765 g/mol. The highest BCUT2D eigenvalue weighted by atomic mass is 19.4. The molecule has 56 heavy (non-hydrogen) atoms. The molecule has 2 aliphatic rings. The molecule has 0 saturated carbocycles. The molecule has 0 radical (unpaired) electrons. The summed E-state index contributed by atoms with van der Waals surface area (Å²) in [6, 6.07) is 7.43. The molecule has 4 aromatic rings. The molecule has 0 bridgehead atoms. The minimum absolute atomic E-state index is 0.0465. The van der Waals surface area contributed by atoms with E-state index in [0.717, 1.165) is 32.8 Å². The predicted molar refractivity (Wildman–Crippen MR) is 179 cm³/mol. The fourth-order valence-electron chi connectivity index (χ4n) is 6.76. The minimum Gasteiger partial charge on any atom is -0.446 e. The van der Waals surface area contributed by atoms with E-state index in [1.54, 1.807) is 32.9 Å². The summed E-state index contributed by atoms with van der Waals surface area (Å²) in [7, 11) is 0. The van der Waals surface area contributed by atoms with Crippen LogP contribution in [0.2, 0.25) is 0 Å². The highest BCUT2D eigenvalue weighted by Crippen LogP contribution is 2.46. The lowest BCUT2D eigenvalue weighted by Gasteiger charge is -2.44. The van der Waals surface area contributed by atoms with Gasteiger partial charge in [0.05, 0.1) is 58.7 Å². The van der Waals surface area contributed by atoms with Crippen molar-refractivity contribution >= 4 is 29.5 Å². The molecular formula is C36H32F9N7O4. The smallest absolute Gasteiger partial charge is 0.416 e. The monoisotopic (exact) mass is 797 g/mol. The fraction of sp³-hybridized carbons (Fsp3) is 0.389. The van der Waals surface area contributed by atoms with Gasteiger partial charge in [0, 0.05) is 12.6 Å². The third-order valence-electron chi connectivity index (χ3n) is 9.32. The molecule has 11 nitrogen and oxygen atoms in total. The summed E-state index contributed by atoms with van der Waals surface area (Å²) in [6.07, 6.45) is -16.8. The highest BCUT2D eigenvalue weighted by molar-refractivity contribution is 6.21. The summed E-state index contributed by atoms with van der Waals surface area (Å²) in [5.74, 6) is -1.61. The van der Waals surface area contributed by atoms with Crippen molar-refractivity contribution in [3.63, 3.8) is 0 Å². The Morgan fingerprint density at radius 2 is 1.43 bits per heavy atom. The van der Waals surface area contributed by atoms with Crippen molar-refractivity contribution in [2.45, 2.75) is 83.4 Å². The topological polar surface area (TPSA) is 114 Å². The van der Waals surface area contributed by atoms with E-state index in [1.165, 1.54) is 17.0 Å². The quantitative estimate of drug-likeness (QED) is 0.123. The molecule has 0 spiro atoms. The molecule has 3 aromatic carbocycles. The SMILES string of the molecule is CC[C@@H]1C[C@H](N(Cc2cc(C(F)(F)F)cc(C(F)(F)F)c2)c2nnn(CCN3C(=O)c4ccccc4C3=O)n2)c2cc(C(F)(F)F)ccc2N1C(=O)OC(C)C. The van der Waals surface area contributed by atoms with Crippen LogP contribution in [-0.2, 0) is 36.4 Å².